The standard InChI is InChI=1S/C19H17N3O2/c1-12(23)22-9-8-13-6-7-14(10-18(13)22)20-11-16-15-4-2-3-5-17(15)21-19(16)24/h2-7,10-11,21,24H,8-9H2,1H3. The fourth-order valence-electron chi connectivity index (χ4n) is 3.19. The summed E-state index contributed by atoms with van der Waals surface area (Å²) in [5, 5.41) is 11.0. The minimum Gasteiger partial charge on any atom is -0.494 e. The van der Waals surface area contributed by atoms with Crippen LogP contribution in [0.1, 0.15) is 18.1 Å². The van der Waals surface area contributed by atoms with E-state index in [1.165, 1.54) is 5.56 Å². The van der Waals surface area contributed by atoms with E-state index >= 15 is 0 Å². The highest BCUT2D eigenvalue weighted by Crippen LogP contribution is 2.32. The van der Waals surface area contributed by atoms with E-state index in [0.717, 1.165) is 35.2 Å². The lowest BCUT2D eigenvalue weighted by Gasteiger charge is -2.14. The van der Waals surface area contributed by atoms with Crippen LogP contribution in [0.4, 0.5) is 11.4 Å². The smallest absolute Gasteiger partial charge is 0.223 e. The number of hydrogen-bond acceptors (Lipinski definition) is 3. The number of H-pyrrole nitrogens is 1. The zero-order valence-electron chi connectivity index (χ0n) is 13.3. The summed E-state index contributed by atoms with van der Waals surface area (Å²) in [6, 6.07) is 13.6. The first kappa shape index (κ1) is 14.5. The van der Waals surface area contributed by atoms with Crippen LogP contribution in [-0.4, -0.2) is 28.8 Å². The molecule has 0 bridgehead atoms. The van der Waals surface area contributed by atoms with Crippen molar-refractivity contribution in [3.63, 3.8) is 0 Å². The molecule has 1 amide bonds. The van der Waals surface area contributed by atoms with Crippen molar-refractivity contribution in [1.29, 1.82) is 0 Å². The number of anilines is 1. The van der Waals surface area contributed by atoms with Crippen molar-refractivity contribution in [2.75, 3.05) is 11.4 Å². The number of nitrogens with one attached hydrogen (secondary N) is 1. The van der Waals surface area contributed by atoms with Gasteiger partial charge in [-0.3, -0.25) is 9.79 Å². The molecular formula is C19H17N3O2. The molecule has 24 heavy (non-hydrogen) atoms. The number of rotatable bonds is 2. The van der Waals surface area contributed by atoms with Gasteiger partial charge in [-0.05, 0) is 30.2 Å². The Morgan fingerprint density at radius 3 is 2.96 bits per heavy atom. The molecular weight excluding hydrogens is 302 g/mol. The highest BCUT2D eigenvalue weighted by Gasteiger charge is 2.22. The first-order valence-corrected chi connectivity index (χ1v) is 7.88. The van der Waals surface area contributed by atoms with Crippen LogP contribution in [-0.2, 0) is 11.2 Å². The number of carbonyl (C=O) groups is 1. The number of aromatic hydroxyl groups is 1. The number of aromatic nitrogens is 1. The van der Waals surface area contributed by atoms with E-state index in [-0.39, 0.29) is 11.8 Å². The second kappa shape index (κ2) is 5.53. The van der Waals surface area contributed by atoms with Crippen LogP contribution in [0.25, 0.3) is 10.9 Å². The van der Waals surface area contributed by atoms with Gasteiger partial charge in [-0.25, -0.2) is 0 Å². The van der Waals surface area contributed by atoms with Gasteiger partial charge in [0.05, 0.1) is 11.3 Å². The minimum absolute atomic E-state index is 0.0455. The molecule has 4 rings (SSSR count). The number of aromatic amines is 1. The molecule has 2 aromatic carbocycles. The van der Waals surface area contributed by atoms with Crippen molar-refractivity contribution in [1.82, 2.24) is 4.98 Å². The van der Waals surface area contributed by atoms with Crippen LogP contribution in [0.15, 0.2) is 47.5 Å². The molecule has 0 radical (unpaired) electrons. The quantitative estimate of drug-likeness (QED) is 0.709. The van der Waals surface area contributed by atoms with Gasteiger partial charge in [-0.15, -0.1) is 0 Å². The normalized spacial score (nSPS) is 13.8. The number of fused-ring (bicyclic) bond motifs is 2. The van der Waals surface area contributed by atoms with Gasteiger partial charge in [0.15, 0.2) is 5.88 Å². The summed E-state index contributed by atoms with van der Waals surface area (Å²) in [5.41, 5.74) is 4.38. The van der Waals surface area contributed by atoms with Gasteiger partial charge >= 0.3 is 0 Å². The Bertz CT molecular complexity index is 972. The Kier molecular flexibility index (Phi) is 3.34. The second-order valence-electron chi connectivity index (χ2n) is 5.92. The summed E-state index contributed by atoms with van der Waals surface area (Å²) < 4.78 is 0. The molecule has 2 N–H and O–H groups in total. The molecule has 0 unspecified atom stereocenters. The Labute approximate surface area is 139 Å². The summed E-state index contributed by atoms with van der Waals surface area (Å²) in [5.74, 6) is 0.149. The summed E-state index contributed by atoms with van der Waals surface area (Å²) in [6.07, 6.45) is 2.53. The number of amides is 1. The Hall–Kier alpha value is -3.08. The van der Waals surface area contributed by atoms with Crippen LogP contribution in [0.3, 0.4) is 0 Å². The average molecular weight is 319 g/mol. The van der Waals surface area contributed by atoms with Crippen LogP contribution < -0.4 is 4.90 Å². The monoisotopic (exact) mass is 319 g/mol. The summed E-state index contributed by atoms with van der Waals surface area (Å²) in [7, 11) is 0. The first-order chi connectivity index (χ1) is 11.6. The molecule has 2 heterocycles. The Balaban J connectivity index is 1.71. The minimum atomic E-state index is 0.0455. The largest absolute Gasteiger partial charge is 0.494 e. The van der Waals surface area contributed by atoms with Crippen LogP contribution in [0.5, 0.6) is 5.88 Å². The van der Waals surface area contributed by atoms with E-state index in [1.807, 2.05) is 42.5 Å². The highest BCUT2D eigenvalue weighted by atomic mass is 16.3. The van der Waals surface area contributed by atoms with Gasteiger partial charge in [-0.1, -0.05) is 24.3 Å². The maximum atomic E-state index is 11.7. The second-order valence-corrected chi connectivity index (χ2v) is 5.92. The lowest BCUT2D eigenvalue weighted by molar-refractivity contribution is -0.116. The lowest BCUT2D eigenvalue weighted by atomic mass is 10.1. The molecule has 0 spiro atoms. The highest BCUT2D eigenvalue weighted by molar-refractivity contribution is 6.02. The molecule has 0 aliphatic carbocycles. The van der Waals surface area contributed by atoms with E-state index in [0.29, 0.717) is 5.56 Å². The average Bonchev–Trinajstić information content (AvgIpc) is 3.12. The van der Waals surface area contributed by atoms with E-state index in [1.54, 1.807) is 18.0 Å². The number of hydrogen-bond donors (Lipinski definition) is 2. The SMILES string of the molecule is CC(=O)N1CCc2ccc(N=Cc3c(O)[nH]c4ccccc34)cc21. The molecule has 120 valence electrons. The van der Waals surface area contributed by atoms with Crippen molar-refractivity contribution in [2.24, 2.45) is 4.99 Å². The fourth-order valence-corrected chi connectivity index (χ4v) is 3.19. The van der Waals surface area contributed by atoms with Gasteiger partial charge in [0.25, 0.3) is 0 Å². The van der Waals surface area contributed by atoms with Crippen LogP contribution >= 0.6 is 0 Å². The number of carbonyl (C=O) groups excluding carboxylic acids is 1. The van der Waals surface area contributed by atoms with Gasteiger partial charge in [-0.2, -0.15) is 0 Å². The van der Waals surface area contributed by atoms with Crippen LogP contribution in [0, 0.1) is 0 Å². The first-order valence-electron chi connectivity index (χ1n) is 7.88. The zero-order valence-corrected chi connectivity index (χ0v) is 13.3. The maximum absolute atomic E-state index is 11.7. The molecule has 3 aromatic rings. The predicted molar refractivity (Wildman–Crippen MR) is 95.4 cm³/mol. The lowest BCUT2D eigenvalue weighted by Crippen LogP contribution is -2.25. The third-order valence-electron chi connectivity index (χ3n) is 4.41. The van der Waals surface area contributed by atoms with Gasteiger partial charge in [0.2, 0.25) is 5.91 Å². The Morgan fingerprint density at radius 1 is 1.29 bits per heavy atom. The van der Waals surface area contributed by atoms with E-state index < -0.39 is 0 Å². The van der Waals surface area contributed by atoms with Gasteiger partial charge in [0.1, 0.15) is 0 Å². The van der Waals surface area contributed by atoms with Crippen molar-refractivity contribution < 1.29 is 9.90 Å². The maximum Gasteiger partial charge on any atom is 0.223 e. The molecule has 0 saturated carbocycles. The van der Waals surface area contributed by atoms with E-state index in [2.05, 4.69) is 9.98 Å². The van der Waals surface area contributed by atoms with Crippen molar-refractivity contribution >= 4 is 34.4 Å². The van der Waals surface area contributed by atoms with E-state index in [4.69, 9.17) is 0 Å². The number of aliphatic imine (C=N–C) groups is 1. The molecule has 0 atom stereocenters. The molecule has 0 fully saturated rings. The molecule has 5 nitrogen and oxygen atoms in total. The molecule has 1 aliphatic rings. The van der Waals surface area contributed by atoms with Crippen molar-refractivity contribution in [3.8, 4) is 5.88 Å². The predicted octanol–water partition coefficient (Wildman–Crippen LogP) is 3.53. The van der Waals surface area contributed by atoms with E-state index in [9.17, 15) is 9.90 Å². The van der Waals surface area contributed by atoms with Crippen LogP contribution in [0.2, 0.25) is 0 Å². The number of nitrogens with zero attached hydrogens (tertiary/aromatic N) is 2. The van der Waals surface area contributed by atoms with Crippen molar-refractivity contribution in [2.45, 2.75) is 13.3 Å². The van der Waals surface area contributed by atoms with Crippen molar-refractivity contribution in [3.05, 3.63) is 53.6 Å². The fraction of sp³-hybridized carbons (Fsp3) is 0.158. The zero-order chi connectivity index (χ0) is 16.7. The van der Waals surface area contributed by atoms with Gasteiger partial charge in [0, 0.05) is 36.3 Å². The molecule has 1 aliphatic heterocycles. The third-order valence-corrected chi connectivity index (χ3v) is 4.41. The summed E-state index contributed by atoms with van der Waals surface area (Å²) in [4.78, 5) is 20.9. The third kappa shape index (κ3) is 2.34. The molecule has 0 saturated heterocycles. The Morgan fingerprint density at radius 2 is 2.12 bits per heavy atom. The summed E-state index contributed by atoms with van der Waals surface area (Å²) in [6.45, 7) is 2.30. The van der Waals surface area contributed by atoms with Gasteiger partial charge < -0.3 is 15.0 Å². The topological polar surface area (TPSA) is 68.7 Å². The molecule has 1 aromatic heterocycles. The summed E-state index contributed by atoms with van der Waals surface area (Å²) >= 11 is 0. The molecule has 5 heteroatoms. The number of benzene rings is 2. The number of para-hydroxylation sites is 1.